The lowest BCUT2D eigenvalue weighted by molar-refractivity contribution is 0.0247. The first-order valence-electron chi connectivity index (χ1n) is 3.73. The summed E-state index contributed by atoms with van der Waals surface area (Å²) in [6, 6.07) is 0. The maximum atomic E-state index is 5.44. The Labute approximate surface area is 62.4 Å². The Morgan fingerprint density at radius 1 is 1.20 bits per heavy atom. The van der Waals surface area contributed by atoms with E-state index in [1.807, 2.05) is 12.2 Å². The van der Waals surface area contributed by atoms with E-state index in [1.54, 1.807) is 0 Å². The summed E-state index contributed by atoms with van der Waals surface area (Å²) in [7, 11) is 0. The van der Waals surface area contributed by atoms with Gasteiger partial charge in [0, 0.05) is 5.92 Å². The summed E-state index contributed by atoms with van der Waals surface area (Å²) in [5.41, 5.74) is 0. The normalized spacial score (nSPS) is 33.2. The fourth-order valence-corrected chi connectivity index (χ4v) is 1.16. The molecule has 56 valence electrons. The average Bonchev–Trinajstić information content (AvgIpc) is 2.05. The van der Waals surface area contributed by atoms with Crippen LogP contribution in [0.4, 0.5) is 0 Å². The van der Waals surface area contributed by atoms with Gasteiger partial charge < -0.3 is 4.74 Å². The van der Waals surface area contributed by atoms with E-state index < -0.39 is 0 Å². The lowest BCUT2D eigenvalue weighted by Gasteiger charge is -2.24. The standard InChI is InChI=1S/C9H14O/c1-3-8-5-6-9(4-2)10-7-8/h3-4,8-9H,1-2,5-7H2/t8-,9-/m1/s1. The first kappa shape index (κ1) is 7.55. The van der Waals surface area contributed by atoms with Crippen molar-refractivity contribution in [3.8, 4) is 0 Å². The fraction of sp³-hybridized carbons (Fsp3) is 0.556. The van der Waals surface area contributed by atoms with Gasteiger partial charge in [-0.15, -0.1) is 13.2 Å². The van der Waals surface area contributed by atoms with Crippen LogP contribution in [0.3, 0.4) is 0 Å². The molecule has 0 N–H and O–H groups in total. The van der Waals surface area contributed by atoms with Gasteiger partial charge in [-0.2, -0.15) is 0 Å². The second-order valence-corrected chi connectivity index (χ2v) is 2.68. The highest BCUT2D eigenvalue weighted by Gasteiger charge is 2.16. The molecule has 1 rings (SSSR count). The molecule has 10 heavy (non-hydrogen) atoms. The smallest absolute Gasteiger partial charge is 0.0753 e. The van der Waals surface area contributed by atoms with Gasteiger partial charge in [0.05, 0.1) is 12.7 Å². The summed E-state index contributed by atoms with van der Waals surface area (Å²) < 4.78 is 5.44. The van der Waals surface area contributed by atoms with Gasteiger partial charge in [0.2, 0.25) is 0 Å². The van der Waals surface area contributed by atoms with Crippen molar-refractivity contribution in [1.29, 1.82) is 0 Å². The molecular formula is C9H14O. The number of ether oxygens (including phenoxy) is 1. The minimum atomic E-state index is 0.288. The van der Waals surface area contributed by atoms with Gasteiger partial charge in [-0.1, -0.05) is 12.2 Å². The topological polar surface area (TPSA) is 9.23 Å². The predicted molar refractivity (Wildman–Crippen MR) is 42.9 cm³/mol. The predicted octanol–water partition coefficient (Wildman–Crippen LogP) is 2.15. The largest absolute Gasteiger partial charge is 0.374 e. The molecule has 1 aliphatic rings. The van der Waals surface area contributed by atoms with Gasteiger partial charge in [-0.25, -0.2) is 0 Å². The van der Waals surface area contributed by atoms with Gasteiger partial charge in [-0.05, 0) is 12.8 Å². The molecule has 0 aromatic heterocycles. The van der Waals surface area contributed by atoms with Crippen molar-refractivity contribution in [2.75, 3.05) is 6.61 Å². The van der Waals surface area contributed by atoms with E-state index in [0.29, 0.717) is 5.92 Å². The van der Waals surface area contributed by atoms with Crippen LogP contribution in [0.2, 0.25) is 0 Å². The quantitative estimate of drug-likeness (QED) is 0.531. The summed E-state index contributed by atoms with van der Waals surface area (Å²) in [6.45, 7) is 8.23. The van der Waals surface area contributed by atoms with E-state index in [0.717, 1.165) is 13.0 Å². The van der Waals surface area contributed by atoms with E-state index in [9.17, 15) is 0 Å². The zero-order valence-corrected chi connectivity index (χ0v) is 6.25. The molecule has 0 aliphatic carbocycles. The minimum absolute atomic E-state index is 0.288. The van der Waals surface area contributed by atoms with Crippen LogP contribution in [-0.4, -0.2) is 12.7 Å². The summed E-state index contributed by atoms with van der Waals surface area (Å²) in [5.74, 6) is 0.566. The van der Waals surface area contributed by atoms with Crippen molar-refractivity contribution >= 4 is 0 Å². The lowest BCUT2D eigenvalue weighted by Crippen LogP contribution is -2.22. The van der Waals surface area contributed by atoms with Gasteiger partial charge in [0.1, 0.15) is 0 Å². The number of hydrogen-bond acceptors (Lipinski definition) is 1. The fourth-order valence-electron chi connectivity index (χ4n) is 1.16. The molecule has 0 bridgehead atoms. The molecule has 0 saturated carbocycles. The van der Waals surface area contributed by atoms with Gasteiger partial charge in [0.25, 0.3) is 0 Å². The van der Waals surface area contributed by atoms with Crippen molar-refractivity contribution < 1.29 is 4.74 Å². The van der Waals surface area contributed by atoms with Crippen LogP contribution in [0.5, 0.6) is 0 Å². The molecule has 0 amide bonds. The summed E-state index contributed by atoms with van der Waals surface area (Å²) >= 11 is 0. The highest BCUT2D eigenvalue weighted by atomic mass is 16.5. The van der Waals surface area contributed by atoms with E-state index in [-0.39, 0.29) is 6.10 Å². The van der Waals surface area contributed by atoms with Crippen LogP contribution in [0.25, 0.3) is 0 Å². The highest BCUT2D eigenvalue weighted by molar-refractivity contribution is 4.88. The van der Waals surface area contributed by atoms with Crippen LogP contribution < -0.4 is 0 Å². The number of hydrogen-bond donors (Lipinski definition) is 0. The average molecular weight is 138 g/mol. The molecule has 0 spiro atoms. The Hall–Kier alpha value is -0.560. The SMILES string of the molecule is C=C[C@@H]1CC[C@@H](C=C)OC1. The molecule has 1 aliphatic heterocycles. The molecule has 1 heteroatoms. The molecule has 0 radical (unpaired) electrons. The lowest BCUT2D eigenvalue weighted by atomic mass is 9.99. The van der Waals surface area contributed by atoms with E-state index in [2.05, 4.69) is 13.2 Å². The summed E-state index contributed by atoms with van der Waals surface area (Å²) in [4.78, 5) is 0. The van der Waals surface area contributed by atoms with Crippen molar-refractivity contribution in [2.45, 2.75) is 18.9 Å². The Balaban J connectivity index is 2.30. The molecule has 0 aromatic rings. The Kier molecular flexibility index (Phi) is 2.69. The van der Waals surface area contributed by atoms with Crippen molar-refractivity contribution in [3.05, 3.63) is 25.3 Å². The van der Waals surface area contributed by atoms with Crippen molar-refractivity contribution in [1.82, 2.24) is 0 Å². The van der Waals surface area contributed by atoms with Crippen LogP contribution in [0.1, 0.15) is 12.8 Å². The third-order valence-electron chi connectivity index (χ3n) is 1.94. The Bertz CT molecular complexity index is 105. The number of rotatable bonds is 2. The molecule has 0 aromatic carbocycles. The van der Waals surface area contributed by atoms with Gasteiger partial charge >= 0.3 is 0 Å². The van der Waals surface area contributed by atoms with Crippen LogP contribution in [-0.2, 0) is 4.74 Å². The molecule has 2 atom stereocenters. The Morgan fingerprint density at radius 3 is 2.40 bits per heavy atom. The van der Waals surface area contributed by atoms with Gasteiger partial charge in [-0.3, -0.25) is 0 Å². The maximum Gasteiger partial charge on any atom is 0.0753 e. The zero-order valence-electron chi connectivity index (χ0n) is 6.25. The maximum absolute atomic E-state index is 5.44. The molecule has 1 nitrogen and oxygen atoms in total. The van der Waals surface area contributed by atoms with Crippen LogP contribution in [0, 0.1) is 5.92 Å². The second kappa shape index (κ2) is 3.57. The van der Waals surface area contributed by atoms with Crippen molar-refractivity contribution in [3.63, 3.8) is 0 Å². The molecule has 0 unspecified atom stereocenters. The first-order chi connectivity index (χ1) is 4.86. The van der Waals surface area contributed by atoms with E-state index in [1.165, 1.54) is 6.42 Å². The minimum Gasteiger partial charge on any atom is -0.374 e. The first-order valence-corrected chi connectivity index (χ1v) is 3.73. The highest BCUT2D eigenvalue weighted by Crippen LogP contribution is 2.19. The monoisotopic (exact) mass is 138 g/mol. The van der Waals surface area contributed by atoms with E-state index >= 15 is 0 Å². The summed E-state index contributed by atoms with van der Waals surface area (Å²) in [5, 5.41) is 0. The molecule has 1 heterocycles. The zero-order chi connectivity index (χ0) is 7.40. The Morgan fingerprint density at radius 2 is 2.00 bits per heavy atom. The van der Waals surface area contributed by atoms with Crippen LogP contribution >= 0.6 is 0 Å². The van der Waals surface area contributed by atoms with Crippen LogP contribution in [0.15, 0.2) is 25.3 Å². The third-order valence-corrected chi connectivity index (χ3v) is 1.94. The molecular weight excluding hydrogens is 124 g/mol. The van der Waals surface area contributed by atoms with E-state index in [4.69, 9.17) is 4.74 Å². The second-order valence-electron chi connectivity index (χ2n) is 2.68. The molecule has 1 fully saturated rings. The van der Waals surface area contributed by atoms with Gasteiger partial charge in [0.15, 0.2) is 0 Å². The van der Waals surface area contributed by atoms with Crippen molar-refractivity contribution in [2.24, 2.45) is 5.92 Å². The third kappa shape index (κ3) is 1.71. The summed E-state index contributed by atoms with van der Waals surface area (Å²) in [6.07, 6.45) is 6.43. The molecule has 1 saturated heterocycles.